The van der Waals surface area contributed by atoms with Crippen LogP contribution in [0.1, 0.15) is 30.1 Å². The fourth-order valence-electron chi connectivity index (χ4n) is 3.70. The molecule has 11 heteroatoms. The molecule has 34 heavy (non-hydrogen) atoms. The zero-order chi connectivity index (χ0) is 24.2. The SMILES string of the molecule is CC(=O)N1CCC(Nc2nc(Nc3ccc(F)c(Cl)c3)ncc2-c2cncc(C(=O)O)c2)CC1. The summed E-state index contributed by atoms with van der Waals surface area (Å²) in [5.41, 5.74) is 1.67. The third kappa shape index (κ3) is 5.40. The fourth-order valence-corrected chi connectivity index (χ4v) is 3.88. The van der Waals surface area contributed by atoms with Gasteiger partial charge in [0, 0.05) is 61.5 Å². The molecule has 0 bridgehead atoms. The van der Waals surface area contributed by atoms with Crippen molar-refractivity contribution in [2.45, 2.75) is 25.8 Å². The summed E-state index contributed by atoms with van der Waals surface area (Å²) in [6.07, 6.45) is 5.84. The summed E-state index contributed by atoms with van der Waals surface area (Å²) in [6, 6.07) is 5.74. The minimum absolute atomic E-state index is 0.0336. The Labute approximate surface area is 200 Å². The second kappa shape index (κ2) is 10.0. The number of amides is 1. The van der Waals surface area contributed by atoms with E-state index in [0.717, 1.165) is 12.8 Å². The lowest BCUT2D eigenvalue weighted by molar-refractivity contribution is -0.129. The van der Waals surface area contributed by atoms with E-state index >= 15 is 0 Å². The molecule has 0 aliphatic carbocycles. The van der Waals surface area contributed by atoms with Crippen molar-refractivity contribution in [2.24, 2.45) is 0 Å². The number of piperidine rings is 1. The molecule has 1 saturated heterocycles. The van der Waals surface area contributed by atoms with Gasteiger partial charge in [-0.15, -0.1) is 0 Å². The topological polar surface area (TPSA) is 120 Å². The molecule has 4 rings (SSSR count). The number of aromatic carboxylic acids is 1. The largest absolute Gasteiger partial charge is 0.478 e. The summed E-state index contributed by atoms with van der Waals surface area (Å²) in [6.45, 7) is 2.81. The van der Waals surface area contributed by atoms with Crippen LogP contribution in [0.2, 0.25) is 5.02 Å². The van der Waals surface area contributed by atoms with Crippen molar-refractivity contribution in [2.75, 3.05) is 23.7 Å². The third-order valence-electron chi connectivity index (χ3n) is 5.54. The van der Waals surface area contributed by atoms with Gasteiger partial charge >= 0.3 is 5.97 Å². The number of pyridine rings is 1. The number of nitrogens with one attached hydrogen (secondary N) is 2. The molecule has 3 N–H and O–H groups in total. The highest BCUT2D eigenvalue weighted by atomic mass is 35.5. The predicted molar refractivity (Wildman–Crippen MR) is 126 cm³/mol. The van der Waals surface area contributed by atoms with E-state index in [-0.39, 0.29) is 28.5 Å². The number of halogens is 2. The van der Waals surface area contributed by atoms with Crippen LogP contribution in [0.5, 0.6) is 0 Å². The van der Waals surface area contributed by atoms with E-state index in [1.807, 2.05) is 0 Å². The molecule has 3 heterocycles. The number of carbonyl (C=O) groups excluding carboxylic acids is 1. The van der Waals surface area contributed by atoms with Gasteiger partial charge in [-0.3, -0.25) is 9.78 Å². The molecule has 176 valence electrons. The van der Waals surface area contributed by atoms with Gasteiger partial charge in [0.05, 0.1) is 10.6 Å². The lowest BCUT2D eigenvalue weighted by Gasteiger charge is -2.32. The van der Waals surface area contributed by atoms with Crippen molar-refractivity contribution in [3.8, 4) is 11.1 Å². The Morgan fingerprint density at radius 3 is 2.62 bits per heavy atom. The minimum Gasteiger partial charge on any atom is -0.478 e. The van der Waals surface area contributed by atoms with E-state index in [4.69, 9.17) is 11.6 Å². The van der Waals surface area contributed by atoms with Crippen molar-refractivity contribution in [1.29, 1.82) is 0 Å². The van der Waals surface area contributed by atoms with Gasteiger partial charge in [-0.2, -0.15) is 4.98 Å². The van der Waals surface area contributed by atoms with E-state index in [0.29, 0.717) is 35.7 Å². The van der Waals surface area contributed by atoms with E-state index in [2.05, 4.69) is 25.6 Å². The first-order chi connectivity index (χ1) is 16.3. The van der Waals surface area contributed by atoms with Gasteiger partial charge < -0.3 is 20.6 Å². The fraction of sp³-hybridized carbons (Fsp3) is 0.261. The lowest BCUT2D eigenvalue weighted by Crippen LogP contribution is -2.41. The number of benzene rings is 1. The molecule has 1 amide bonds. The Bertz CT molecular complexity index is 1230. The monoisotopic (exact) mass is 484 g/mol. The van der Waals surface area contributed by atoms with Crippen molar-refractivity contribution in [3.05, 3.63) is 59.3 Å². The highest BCUT2D eigenvalue weighted by Crippen LogP contribution is 2.30. The number of aromatic nitrogens is 3. The van der Waals surface area contributed by atoms with Crippen molar-refractivity contribution in [3.63, 3.8) is 0 Å². The molecule has 1 aliphatic heterocycles. The number of hydrogen-bond acceptors (Lipinski definition) is 7. The van der Waals surface area contributed by atoms with Crippen molar-refractivity contribution < 1.29 is 19.1 Å². The highest BCUT2D eigenvalue weighted by molar-refractivity contribution is 6.31. The standard InChI is InChI=1S/C23H22ClFN6O3/c1-13(32)31-6-4-16(5-7-31)28-21-18(14-8-15(22(33)34)11-26-10-14)12-27-23(30-21)29-17-2-3-20(25)19(24)9-17/h2-3,8-12,16H,4-7H2,1H3,(H,33,34)(H2,27,28,29,30). The summed E-state index contributed by atoms with van der Waals surface area (Å²) in [5, 5.41) is 15.7. The molecular formula is C23H22ClFN6O3. The van der Waals surface area contributed by atoms with Crippen molar-refractivity contribution in [1.82, 2.24) is 19.9 Å². The maximum atomic E-state index is 13.5. The van der Waals surface area contributed by atoms with Crippen LogP contribution in [0, 0.1) is 5.82 Å². The molecule has 0 saturated carbocycles. The third-order valence-corrected chi connectivity index (χ3v) is 5.83. The van der Waals surface area contributed by atoms with Gasteiger partial charge in [-0.1, -0.05) is 11.6 Å². The Balaban J connectivity index is 1.65. The Kier molecular flexibility index (Phi) is 6.87. The number of anilines is 3. The van der Waals surface area contributed by atoms with Gasteiger partial charge in [0.25, 0.3) is 0 Å². The number of likely N-dealkylation sites (tertiary alicyclic amines) is 1. The van der Waals surface area contributed by atoms with E-state index < -0.39 is 11.8 Å². The summed E-state index contributed by atoms with van der Waals surface area (Å²) in [5.74, 6) is -0.850. The van der Waals surface area contributed by atoms with Gasteiger partial charge in [-0.25, -0.2) is 14.2 Å². The molecule has 9 nitrogen and oxygen atoms in total. The van der Waals surface area contributed by atoms with Gasteiger partial charge in [-0.05, 0) is 37.1 Å². The Morgan fingerprint density at radius 2 is 1.94 bits per heavy atom. The number of hydrogen-bond donors (Lipinski definition) is 3. The molecule has 0 unspecified atom stereocenters. The summed E-state index contributed by atoms with van der Waals surface area (Å²) in [7, 11) is 0. The molecule has 2 aromatic heterocycles. The number of nitrogens with zero attached hydrogens (tertiary/aromatic N) is 4. The number of carboxylic acids is 1. The Hall–Kier alpha value is -3.79. The second-order valence-electron chi connectivity index (χ2n) is 7.90. The van der Waals surface area contributed by atoms with Gasteiger partial charge in [0.1, 0.15) is 11.6 Å². The van der Waals surface area contributed by atoms with Crippen LogP contribution >= 0.6 is 11.6 Å². The second-order valence-corrected chi connectivity index (χ2v) is 8.31. The smallest absolute Gasteiger partial charge is 0.337 e. The van der Waals surface area contributed by atoms with Crippen LogP contribution in [0.3, 0.4) is 0 Å². The number of rotatable bonds is 6. The van der Waals surface area contributed by atoms with E-state index in [1.165, 1.54) is 30.5 Å². The van der Waals surface area contributed by atoms with Crippen LogP contribution < -0.4 is 10.6 Å². The Morgan fingerprint density at radius 1 is 1.18 bits per heavy atom. The first kappa shape index (κ1) is 23.4. The van der Waals surface area contributed by atoms with E-state index in [1.54, 1.807) is 24.2 Å². The zero-order valence-electron chi connectivity index (χ0n) is 18.3. The molecule has 0 spiro atoms. The lowest BCUT2D eigenvalue weighted by atomic mass is 10.0. The molecule has 1 aromatic carbocycles. The van der Waals surface area contributed by atoms with Crippen LogP contribution in [0.15, 0.2) is 42.9 Å². The summed E-state index contributed by atoms with van der Waals surface area (Å²) >= 11 is 5.87. The first-order valence-electron chi connectivity index (χ1n) is 10.6. The molecule has 3 aromatic rings. The maximum Gasteiger partial charge on any atom is 0.337 e. The molecule has 0 radical (unpaired) electrons. The summed E-state index contributed by atoms with van der Waals surface area (Å²) < 4.78 is 13.5. The van der Waals surface area contributed by atoms with Crippen LogP contribution in [0.4, 0.5) is 21.8 Å². The molecular weight excluding hydrogens is 463 g/mol. The first-order valence-corrected chi connectivity index (χ1v) is 11.0. The van der Waals surface area contributed by atoms with E-state index in [9.17, 15) is 19.1 Å². The predicted octanol–water partition coefficient (Wildman–Crippen LogP) is 4.20. The van der Waals surface area contributed by atoms with Crippen LogP contribution in [0.25, 0.3) is 11.1 Å². The molecule has 1 aliphatic rings. The average Bonchev–Trinajstić information content (AvgIpc) is 2.82. The van der Waals surface area contributed by atoms with Gasteiger partial charge in [0.15, 0.2) is 0 Å². The zero-order valence-corrected chi connectivity index (χ0v) is 19.0. The normalized spacial score (nSPS) is 14.0. The molecule has 0 atom stereocenters. The van der Waals surface area contributed by atoms with Crippen molar-refractivity contribution >= 4 is 40.9 Å². The average molecular weight is 485 g/mol. The highest BCUT2D eigenvalue weighted by Gasteiger charge is 2.22. The number of carboxylic acid groups (broad SMARTS) is 1. The number of carbonyl (C=O) groups is 2. The minimum atomic E-state index is -1.09. The maximum absolute atomic E-state index is 13.5. The quantitative estimate of drug-likeness (QED) is 0.476. The van der Waals surface area contributed by atoms with Crippen LogP contribution in [-0.2, 0) is 4.79 Å². The van der Waals surface area contributed by atoms with Gasteiger partial charge in [0.2, 0.25) is 11.9 Å². The summed E-state index contributed by atoms with van der Waals surface area (Å²) in [4.78, 5) is 37.8. The molecule has 1 fully saturated rings. The van der Waals surface area contributed by atoms with Crippen LogP contribution in [-0.4, -0.2) is 56.0 Å².